The molecule has 0 unspecified atom stereocenters. The Balaban J connectivity index is 1.51. The van der Waals surface area contributed by atoms with Crippen molar-refractivity contribution >= 4 is 27.7 Å². The summed E-state index contributed by atoms with van der Waals surface area (Å²) >= 11 is 0. The van der Waals surface area contributed by atoms with E-state index in [9.17, 15) is 5.26 Å². The highest BCUT2D eigenvalue weighted by Crippen LogP contribution is 2.49. The van der Waals surface area contributed by atoms with Gasteiger partial charge in [-0.25, -0.2) is 0 Å². The molecule has 0 N–H and O–H groups in total. The predicted molar refractivity (Wildman–Crippen MR) is 126 cm³/mol. The van der Waals surface area contributed by atoms with Gasteiger partial charge in [0.15, 0.2) is 5.60 Å². The minimum Gasteiger partial charge on any atom is -0.476 e. The van der Waals surface area contributed by atoms with Crippen LogP contribution in [0.5, 0.6) is 0 Å². The number of rotatable bonds is 3. The van der Waals surface area contributed by atoms with Crippen molar-refractivity contribution in [1.82, 2.24) is 0 Å². The van der Waals surface area contributed by atoms with Gasteiger partial charge in [-0.3, -0.25) is 0 Å². The van der Waals surface area contributed by atoms with Crippen LogP contribution < -0.4 is 0 Å². The first kappa shape index (κ1) is 18.5. The van der Waals surface area contributed by atoms with Crippen molar-refractivity contribution in [3.63, 3.8) is 0 Å². The second-order valence-corrected chi connectivity index (χ2v) is 8.07. The molecule has 0 fully saturated rings. The first-order valence-electron chi connectivity index (χ1n) is 10.6. The van der Waals surface area contributed by atoms with Crippen molar-refractivity contribution in [2.75, 3.05) is 0 Å². The minimum atomic E-state index is -0.744. The third-order valence-electron chi connectivity index (χ3n) is 6.23. The summed E-state index contributed by atoms with van der Waals surface area (Å²) in [6, 6.07) is 36.7. The van der Waals surface area contributed by atoms with Crippen molar-refractivity contribution in [3.8, 4) is 6.07 Å². The smallest absolute Gasteiger partial charge is 0.164 e. The Labute approximate surface area is 185 Å². The fourth-order valence-electron chi connectivity index (χ4n) is 4.70. The standard InChI is InChI=1S/C29H19NO2/c30-19-21-18-29(22-9-3-1-4-10-22,23-11-5-2-6-12-23)32-28(21)20-15-16-25-24-13-7-8-14-26(24)31-27(25)17-20/h1-17H,18H2. The van der Waals surface area contributed by atoms with Crippen LogP contribution in [-0.4, -0.2) is 0 Å². The summed E-state index contributed by atoms with van der Waals surface area (Å²) in [5.41, 5.74) is 4.43. The van der Waals surface area contributed by atoms with Crippen LogP contribution in [0.3, 0.4) is 0 Å². The maximum absolute atomic E-state index is 10.0. The predicted octanol–water partition coefficient (Wildman–Crippen LogP) is 7.18. The molecule has 1 aliphatic rings. The summed E-state index contributed by atoms with van der Waals surface area (Å²) in [5.74, 6) is 0.613. The summed E-state index contributed by atoms with van der Waals surface area (Å²) in [6.07, 6.45) is 0.477. The third-order valence-corrected chi connectivity index (χ3v) is 6.23. The molecule has 0 radical (unpaired) electrons. The lowest BCUT2D eigenvalue weighted by atomic mass is 9.82. The van der Waals surface area contributed by atoms with Crippen molar-refractivity contribution in [3.05, 3.63) is 125 Å². The van der Waals surface area contributed by atoms with E-state index in [1.54, 1.807) is 0 Å². The van der Waals surface area contributed by atoms with Gasteiger partial charge in [-0.15, -0.1) is 0 Å². The van der Waals surface area contributed by atoms with Gasteiger partial charge < -0.3 is 9.15 Å². The van der Waals surface area contributed by atoms with Crippen LogP contribution in [0.2, 0.25) is 0 Å². The summed E-state index contributed by atoms with van der Waals surface area (Å²) in [4.78, 5) is 0. The van der Waals surface area contributed by atoms with Crippen molar-refractivity contribution in [1.29, 1.82) is 5.26 Å². The molecule has 0 bridgehead atoms. The van der Waals surface area contributed by atoms with Gasteiger partial charge in [-0.2, -0.15) is 5.26 Å². The van der Waals surface area contributed by atoms with Crippen molar-refractivity contribution in [2.45, 2.75) is 12.0 Å². The molecule has 0 spiro atoms. The second kappa shape index (κ2) is 7.14. The largest absolute Gasteiger partial charge is 0.476 e. The van der Waals surface area contributed by atoms with Crippen molar-refractivity contribution in [2.24, 2.45) is 0 Å². The molecule has 0 atom stereocenters. The molecule has 1 aliphatic heterocycles. The molecule has 0 saturated carbocycles. The maximum Gasteiger partial charge on any atom is 0.164 e. The monoisotopic (exact) mass is 413 g/mol. The lowest BCUT2D eigenvalue weighted by Crippen LogP contribution is -2.27. The highest BCUT2D eigenvalue weighted by Gasteiger charge is 2.44. The number of hydrogen-bond donors (Lipinski definition) is 0. The van der Waals surface area contributed by atoms with E-state index in [1.165, 1.54) is 0 Å². The number of ether oxygens (including phenoxy) is 1. The zero-order valence-corrected chi connectivity index (χ0v) is 17.3. The maximum atomic E-state index is 10.0. The molecule has 1 aromatic heterocycles. The van der Waals surface area contributed by atoms with E-state index in [1.807, 2.05) is 72.8 Å². The van der Waals surface area contributed by atoms with Gasteiger partial charge in [0.05, 0.1) is 11.6 Å². The van der Waals surface area contributed by atoms with Crippen LogP contribution >= 0.6 is 0 Å². The van der Waals surface area contributed by atoms with Gasteiger partial charge in [0.2, 0.25) is 0 Å². The molecule has 0 amide bonds. The van der Waals surface area contributed by atoms with Gasteiger partial charge in [0.25, 0.3) is 0 Å². The lowest BCUT2D eigenvalue weighted by molar-refractivity contribution is 0.101. The first-order chi connectivity index (χ1) is 15.8. The minimum absolute atomic E-state index is 0.477. The molecular formula is C29H19NO2. The van der Waals surface area contributed by atoms with E-state index in [4.69, 9.17) is 9.15 Å². The highest BCUT2D eigenvalue weighted by atomic mass is 16.5. The van der Waals surface area contributed by atoms with E-state index in [-0.39, 0.29) is 0 Å². The number of nitriles is 1. The highest BCUT2D eigenvalue weighted by molar-refractivity contribution is 6.05. The normalized spacial score (nSPS) is 15.1. The van der Waals surface area contributed by atoms with Crippen LogP contribution in [0, 0.1) is 11.3 Å². The molecule has 0 saturated heterocycles. The van der Waals surface area contributed by atoms with E-state index in [0.717, 1.165) is 38.6 Å². The van der Waals surface area contributed by atoms with Gasteiger partial charge in [-0.05, 0) is 18.2 Å². The number of nitrogens with zero attached hydrogens (tertiary/aromatic N) is 1. The molecule has 4 aromatic carbocycles. The number of fused-ring (bicyclic) bond motifs is 3. The second-order valence-electron chi connectivity index (χ2n) is 8.07. The van der Waals surface area contributed by atoms with Crippen LogP contribution in [0.25, 0.3) is 27.7 Å². The van der Waals surface area contributed by atoms with Crippen LogP contribution in [0.1, 0.15) is 23.1 Å². The summed E-state index contributed by atoms with van der Waals surface area (Å²) < 4.78 is 12.8. The fraction of sp³-hybridized carbons (Fsp3) is 0.0690. The lowest BCUT2D eigenvalue weighted by Gasteiger charge is -2.31. The fourth-order valence-corrected chi connectivity index (χ4v) is 4.70. The Morgan fingerprint density at radius 3 is 2.00 bits per heavy atom. The summed E-state index contributed by atoms with van der Waals surface area (Å²) in [6.45, 7) is 0. The molecular weight excluding hydrogens is 394 g/mol. The van der Waals surface area contributed by atoms with Gasteiger partial charge >= 0.3 is 0 Å². The quantitative estimate of drug-likeness (QED) is 0.315. The summed E-state index contributed by atoms with van der Waals surface area (Å²) in [5, 5.41) is 12.2. The first-order valence-corrected chi connectivity index (χ1v) is 10.6. The molecule has 5 aromatic rings. The van der Waals surface area contributed by atoms with E-state index in [2.05, 4.69) is 36.4 Å². The Morgan fingerprint density at radius 1 is 0.688 bits per heavy atom. The zero-order valence-electron chi connectivity index (χ0n) is 17.3. The molecule has 6 rings (SSSR count). The Hall–Kier alpha value is -4.29. The summed E-state index contributed by atoms with van der Waals surface area (Å²) in [7, 11) is 0. The zero-order chi connectivity index (χ0) is 21.5. The number of furan rings is 1. The number of benzene rings is 4. The molecule has 0 aliphatic carbocycles. The third kappa shape index (κ3) is 2.74. The number of para-hydroxylation sites is 1. The average molecular weight is 413 g/mol. The van der Waals surface area contributed by atoms with E-state index < -0.39 is 5.60 Å². The van der Waals surface area contributed by atoms with Crippen molar-refractivity contribution < 1.29 is 9.15 Å². The SMILES string of the molecule is N#CC1=C(c2ccc3c(c2)oc2ccccc23)OC(c2ccccc2)(c2ccccc2)C1. The molecule has 3 heteroatoms. The Kier molecular flexibility index (Phi) is 4.13. The van der Waals surface area contributed by atoms with Gasteiger partial charge in [0.1, 0.15) is 16.9 Å². The van der Waals surface area contributed by atoms with E-state index in [0.29, 0.717) is 17.8 Å². The van der Waals surface area contributed by atoms with Crippen LogP contribution in [0.15, 0.2) is 113 Å². The molecule has 32 heavy (non-hydrogen) atoms. The van der Waals surface area contributed by atoms with Crippen LogP contribution in [0.4, 0.5) is 0 Å². The Bertz CT molecular complexity index is 1480. The topological polar surface area (TPSA) is 46.2 Å². The number of hydrogen-bond acceptors (Lipinski definition) is 3. The molecule has 2 heterocycles. The van der Waals surface area contributed by atoms with Crippen LogP contribution in [-0.2, 0) is 10.3 Å². The molecule has 3 nitrogen and oxygen atoms in total. The average Bonchev–Trinajstić information content (AvgIpc) is 3.44. The Morgan fingerprint density at radius 2 is 1.31 bits per heavy atom. The van der Waals surface area contributed by atoms with E-state index >= 15 is 0 Å². The van der Waals surface area contributed by atoms with Gasteiger partial charge in [0, 0.05) is 33.9 Å². The van der Waals surface area contributed by atoms with Gasteiger partial charge in [-0.1, -0.05) is 84.9 Å². The molecule has 152 valence electrons.